The van der Waals surface area contributed by atoms with E-state index in [0.29, 0.717) is 30.1 Å². The van der Waals surface area contributed by atoms with Crippen LogP contribution in [0.25, 0.3) is 0 Å². The predicted octanol–water partition coefficient (Wildman–Crippen LogP) is 7.14. The van der Waals surface area contributed by atoms with Crippen LogP contribution in [0.2, 0.25) is 5.02 Å². The summed E-state index contributed by atoms with van der Waals surface area (Å²) >= 11 is 6.44. The molecule has 0 saturated heterocycles. The lowest BCUT2D eigenvalue weighted by Crippen LogP contribution is -2.49. The van der Waals surface area contributed by atoms with Crippen molar-refractivity contribution in [2.45, 2.75) is 69.0 Å². The fraction of sp³-hybridized carbons (Fsp3) is 0.474. The van der Waals surface area contributed by atoms with Crippen molar-refractivity contribution in [2.24, 2.45) is 17.8 Å². The number of hydrogen-bond acceptors (Lipinski definition) is 6. The number of aliphatic hydroxyl groups excluding tert-OH is 1. The quantitative estimate of drug-likeness (QED) is 0.208. The van der Waals surface area contributed by atoms with Gasteiger partial charge in [-0.15, -0.1) is 0 Å². The molecule has 1 amide bonds. The van der Waals surface area contributed by atoms with Gasteiger partial charge in [-0.3, -0.25) is 9.52 Å². The fourth-order valence-electron chi connectivity index (χ4n) is 8.04. The van der Waals surface area contributed by atoms with Crippen molar-refractivity contribution in [3.8, 4) is 5.75 Å². The average molecular weight is 694 g/mol. The number of nitrogens with zero attached hydrogens (tertiary/aromatic N) is 2. The number of pyridine rings is 1. The largest absolute Gasteiger partial charge is 0.490 e. The number of hydrogen-bond donors (Lipinski definition) is 2. The van der Waals surface area contributed by atoms with Crippen molar-refractivity contribution in [2.75, 3.05) is 31.7 Å². The third kappa shape index (κ3) is 6.78. The van der Waals surface area contributed by atoms with E-state index in [1.54, 1.807) is 6.07 Å². The topological polar surface area (TPSA) is 91.8 Å². The van der Waals surface area contributed by atoms with Gasteiger partial charge in [0, 0.05) is 53.9 Å². The Labute approximate surface area is 290 Å². The molecule has 7 rings (SSSR count). The van der Waals surface area contributed by atoms with Crippen LogP contribution in [0.4, 0.5) is 10.1 Å². The molecule has 10 heteroatoms. The average Bonchev–Trinajstić information content (AvgIpc) is 3.23. The molecule has 1 spiro atoms. The van der Waals surface area contributed by atoms with E-state index in [1.165, 1.54) is 17.3 Å². The van der Waals surface area contributed by atoms with Gasteiger partial charge in [-0.05, 0) is 111 Å². The molecule has 6 unspecified atom stereocenters. The highest BCUT2D eigenvalue weighted by Crippen LogP contribution is 2.49. The number of aromatic nitrogens is 1. The van der Waals surface area contributed by atoms with Gasteiger partial charge in [0.05, 0.1) is 17.5 Å². The van der Waals surface area contributed by atoms with Crippen LogP contribution in [-0.4, -0.2) is 52.3 Å². The first kappa shape index (κ1) is 34.6. The van der Waals surface area contributed by atoms with Gasteiger partial charge >= 0.3 is 0 Å². The molecule has 2 N–H and O–H groups in total. The second kappa shape index (κ2) is 14.7. The number of carbonyl (C=O) groups is 1. The van der Waals surface area contributed by atoms with Crippen LogP contribution < -0.4 is 14.4 Å². The number of nitrogens with one attached hydrogen (secondary N) is 1. The lowest BCUT2D eigenvalue weighted by molar-refractivity contribution is 0.0982. The molecule has 1 saturated carbocycles. The molecule has 3 aromatic rings. The van der Waals surface area contributed by atoms with Gasteiger partial charge in [-0.2, -0.15) is 4.39 Å². The zero-order chi connectivity index (χ0) is 34.0. The van der Waals surface area contributed by atoms with Gasteiger partial charge in [-0.1, -0.05) is 42.8 Å². The highest BCUT2D eigenvalue weighted by molar-refractivity contribution is 7.84. The Hall–Kier alpha value is -3.27. The monoisotopic (exact) mass is 693 g/mol. The number of ether oxygens (including phenoxy) is 1. The summed E-state index contributed by atoms with van der Waals surface area (Å²) in [6, 6.07) is 15.5. The summed E-state index contributed by atoms with van der Waals surface area (Å²) in [5.41, 5.74) is 4.26. The smallest absolute Gasteiger partial charge is 0.263 e. The molecule has 2 aliphatic heterocycles. The number of rotatable bonds is 1. The van der Waals surface area contributed by atoms with Crippen molar-refractivity contribution < 1.29 is 23.2 Å². The summed E-state index contributed by atoms with van der Waals surface area (Å²) in [6.07, 6.45) is 11.5. The molecule has 7 nitrogen and oxygen atoms in total. The highest BCUT2D eigenvalue weighted by atomic mass is 35.5. The summed E-state index contributed by atoms with van der Waals surface area (Å²) in [5, 5.41) is 7.47. The van der Waals surface area contributed by atoms with Crippen LogP contribution >= 0.6 is 11.6 Å². The summed E-state index contributed by atoms with van der Waals surface area (Å²) in [6.45, 7) is 5.95. The Balaban J connectivity index is 0.00000197. The van der Waals surface area contributed by atoms with Gasteiger partial charge in [0.1, 0.15) is 16.7 Å². The van der Waals surface area contributed by atoms with Crippen molar-refractivity contribution in [1.82, 2.24) is 9.71 Å². The Kier molecular flexibility index (Phi) is 10.6. The molecule has 2 aromatic carbocycles. The Morgan fingerprint density at radius 2 is 1.98 bits per heavy atom. The molecule has 0 radical (unpaired) electrons. The fourth-order valence-corrected chi connectivity index (χ4v) is 9.26. The van der Waals surface area contributed by atoms with Crippen molar-refractivity contribution >= 4 is 34.2 Å². The number of aryl methyl sites for hydroxylation is 1. The zero-order valence-electron chi connectivity index (χ0n) is 27.8. The molecule has 2 bridgehead atoms. The number of anilines is 1. The Morgan fingerprint density at radius 3 is 2.75 bits per heavy atom. The molecule has 2 aliphatic carbocycles. The molecule has 7 atom stereocenters. The number of benzene rings is 2. The van der Waals surface area contributed by atoms with Crippen LogP contribution in [0.15, 0.2) is 66.9 Å². The van der Waals surface area contributed by atoms with E-state index in [9.17, 15) is 9.00 Å². The highest BCUT2D eigenvalue weighted by Gasteiger charge is 2.45. The number of aliphatic hydroxyl groups is 1. The van der Waals surface area contributed by atoms with E-state index in [4.69, 9.17) is 21.4 Å². The number of allylic oxidation sites excluding steroid dienone is 2. The zero-order valence-corrected chi connectivity index (χ0v) is 29.4. The van der Waals surface area contributed by atoms with Crippen molar-refractivity contribution in [3.63, 3.8) is 0 Å². The van der Waals surface area contributed by atoms with Gasteiger partial charge < -0.3 is 14.7 Å². The minimum absolute atomic E-state index is 0.0438. The number of fused-ring (bicyclic) bond motifs is 4. The third-order valence-electron chi connectivity index (χ3n) is 11.0. The first-order valence-corrected chi connectivity index (χ1v) is 18.6. The summed E-state index contributed by atoms with van der Waals surface area (Å²) in [5.74, 6) is 0.433. The summed E-state index contributed by atoms with van der Waals surface area (Å²) < 4.78 is 38.0. The lowest BCUT2D eigenvalue weighted by Gasteiger charge is -2.46. The molecule has 48 heavy (non-hydrogen) atoms. The second-order valence-electron chi connectivity index (χ2n) is 13.8. The molecule has 3 heterocycles. The van der Waals surface area contributed by atoms with Gasteiger partial charge in [0.2, 0.25) is 5.95 Å². The minimum Gasteiger partial charge on any atom is -0.490 e. The van der Waals surface area contributed by atoms with Gasteiger partial charge in [0.15, 0.2) is 0 Å². The normalized spacial score (nSPS) is 30.6. The minimum atomic E-state index is -1.58. The first-order valence-electron chi connectivity index (χ1n) is 17.0. The maximum atomic E-state index is 15.3. The van der Waals surface area contributed by atoms with Gasteiger partial charge in [-0.25, -0.2) is 9.19 Å². The Morgan fingerprint density at radius 1 is 1.15 bits per heavy atom. The maximum Gasteiger partial charge on any atom is 0.263 e. The third-order valence-corrected chi connectivity index (χ3v) is 12.8. The lowest BCUT2D eigenvalue weighted by atomic mass is 9.64. The SMILES string of the molecule is CC1C/C=C/C(c2cccnc2F)C2CCC2CN2C[C@@]3(CCCc4cc(Cl)ccc43)COc3ccc(cc32)C(=O)NS(=O)C1C.CO. The van der Waals surface area contributed by atoms with Crippen molar-refractivity contribution in [3.05, 3.63) is 100 Å². The second-order valence-corrected chi connectivity index (χ2v) is 15.8. The number of carbonyl (C=O) groups excluding carboxylic acids is 1. The maximum absolute atomic E-state index is 15.3. The molecule has 1 aromatic heterocycles. The van der Waals surface area contributed by atoms with E-state index in [-0.39, 0.29) is 34.3 Å². The van der Waals surface area contributed by atoms with E-state index in [0.717, 1.165) is 68.8 Å². The van der Waals surface area contributed by atoms with Crippen LogP contribution in [0.5, 0.6) is 5.75 Å². The van der Waals surface area contributed by atoms with Crippen molar-refractivity contribution in [1.29, 1.82) is 0 Å². The molecule has 1 fully saturated rings. The molecule has 256 valence electrons. The van der Waals surface area contributed by atoms with Crippen LogP contribution in [0.3, 0.4) is 0 Å². The van der Waals surface area contributed by atoms with Crippen LogP contribution in [-0.2, 0) is 22.8 Å². The van der Waals surface area contributed by atoms with E-state index in [1.807, 2.05) is 44.2 Å². The van der Waals surface area contributed by atoms with E-state index >= 15 is 4.39 Å². The van der Waals surface area contributed by atoms with Gasteiger partial charge in [0.25, 0.3) is 5.91 Å². The Bertz CT molecular complexity index is 1700. The molecular formula is C38H45ClFN3O4S. The van der Waals surface area contributed by atoms with Crippen LogP contribution in [0.1, 0.15) is 78.9 Å². The number of halogens is 2. The van der Waals surface area contributed by atoms with Crippen LogP contribution in [0, 0.1) is 23.7 Å². The summed E-state index contributed by atoms with van der Waals surface area (Å²) in [7, 11) is -0.577. The van der Waals surface area contributed by atoms with E-state index in [2.05, 4.69) is 38.9 Å². The standard InChI is InChI=1S/C37H41ClFN3O3S.CH4O/c1-23-6-3-8-30(31-9-5-17-40-35(31)39)29-13-10-27(29)20-42-21-37(16-4-7-25-18-28(38)12-14-32(25)37)22-45-34-15-11-26(19-33(34)42)36(43)41-46(44)24(23)2;1-2/h3,5,8-9,11-12,14-15,17-19,23-24,27,29-30H,4,6-7,10,13,16,20-22H2,1-2H3,(H,41,43);2H,1H3/b8-3+;/t23?,24?,27?,29?,30?,37-,46?;/m0./s1. The number of amides is 1. The molecular weight excluding hydrogens is 649 g/mol. The van der Waals surface area contributed by atoms with E-state index < -0.39 is 16.9 Å². The predicted molar refractivity (Wildman–Crippen MR) is 190 cm³/mol. The molecule has 4 aliphatic rings. The first-order chi connectivity index (χ1) is 23.2. The summed E-state index contributed by atoms with van der Waals surface area (Å²) in [4.78, 5) is 19.9.